The fourth-order valence-corrected chi connectivity index (χ4v) is 1.05. The fourth-order valence-electron chi connectivity index (χ4n) is 1.05. The zero-order chi connectivity index (χ0) is 8.39. The molecule has 0 fully saturated rings. The second-order valence-electron chi connectivity index (χ2n) is 2.41. The zero-order valence-electron chi connectivity index (χ0n) is 6.32. The quantitative estimate of drug-likeness (QED) is 0.569. The van der Waals surface area contributed by atoms with Crippen LogP contribution in [-0.4, -0.2) is 10.2 Å². The monoisotopic (exact) mass is 162 g/mol. The Morgan fingerprint density at radius 3 is 2.50 bits per heavy atom. The number of hydrogen-bond donors (Lipinski definition) is 2. The van der Waals surface area contributed by atoms with Crippen LogP contribution in [0.4, 0.5) is 0 Å². The average Bonchev–Trinajstić information content (AvgIpc) is 2.53. The van der Waals surface area contributed by atoms with E-state index in [1.54, 1.807) is 10.8 Å². The van der Waals surface area contributed by atoms with E-state index in [9.17, 15) is 4.79 Å². The maximum atomic E-state index is 11.1. The third-order valence-electron chi connectivity index (χ3n) is 1.62. The molecule has 0 aliphatic rings. The molecule has 0 unspecified atom stereocenters. The Morgan fingerprint density at radius 1 is 1.17 bits per heavy atom. The molecule has 60 valence electrons. The molecule has 0 saturated carbocycles. The van der Waals surface area contributed by atoms with E-state index >= 15 is 0 Å². The number of aromatic nitrogens is 3. The molecule has 2 heterocycles. The largest absolute Gasteiger partial charge is 0.336 e. The molecule has 0 amide bonds. The predicted molar refractivity (Wildman–Crippen MR) is 42.9 cm³/mol. The molecule has 2 rings (SSSR count). The highest BCUT2D eigenvalue weighted by molar-refractivity contribution is 5.11. The highest BCUT2D eigenvalue weighted by Crippen LogP contribution is 1.85. The van der Waals surface area contributed by atoms with Crippen molar-refractivity contribution >= 4 is 0 Å². The summed E-state index contributed by atoms with van der Waals surface area (Å²) < 4.78 is 1.75. The van der Waals surface area contributed by atoms with Crippen molar-refractivity contribution in [3.8, 4) is 5.69 Å². The molecule has 0 aromatic carbocycles. The van der Waals surface area contributed by atoms with Crippen LogP contribution in [0.5, 0.6) is 0 Å². The molecular formula is C8H8N3O+. The Bertz CT molecular complexity index is 415. The lowest BCUT2D eigenvalue weighted by atomic mass is 10.4. The molecular weight excluding hydrogens is 154 g/mol. The van der Waals surface area contributed by atoms with Gasteiger partial charge in [-0.2, -0.15) is 4.57 Å². The van der Waals surface area contributed by atoms with Crippen molar-refractivity contribution < 1.29 is 4.57 Å². The van der Waals surface area contributed by atoms with Gasteiger partial charge in [-0.05, 0) is 0 Å². The molecule has 0 aliphatic heterocycles. The van der Waals surface area contributed by atoms with Gasteiger partial charge in [0.2, 0.25) is 0 Å². The second-order valence-corrected chi connectivity index (χ2v) is 2.41. The van der Waals surface area contributed by atoms with Crippen molar-refractivity contribution in [2.75, 3.05) is 0 Å². The van der Waals surface area contributed by atoms with Crippen LogP contribution in [0.15, 0.2) is 41.6 Å². The van der Waals surface area contributed by atoms with Gasteiger partial charge in [0, 0.05) is 12.1 Å². The van der Waals surface area contributed by atoms with Crippen molar-refractivity contribution in [2.45, 2.75) is 0 Å². The molecule has 0 atom stereocenters. The first-order valence-corrected chi connectivity index (χ1v) is 3.60. The molecule has 0 spiro atoms. The highest BCUT2D eigenvalue weighted by atomic mass is 16.1. The normalized spacial score (nSPS) is 10.0. The summed E-state index contributed by atoms with van der Waals surface area (Å²) in [4.78, 5) is 11.1. The Labute approximate surface area is 68.5 Å². The molecule has 12 heavy (non-hydrogen) atoms. The number of pyridine rings is 1. The lowest BCUT2D eigenvalue weighted by molar-refractivity contribution is -0.596. The third kappa shape index (κ3) is 1.03. The van der Waals surface area contributed by atoms with Gasteiger partial charge in [0.1, 0.15) is 0 Å². The summed E-state index contributed by atoms with van der Waals surface area (Å²) in [5.41, 5.74) is 0.474. The van der Waals surface area contributed by atoms with Gasteiger partial charge in [-0.3, -0.25) is 15.0 Å². The molecule has 0 radical (unpaired) electrons. The third-order valence-corrected chi connectivity index (χ3v) is 1.62. The van der Waals surface area contributed by atoms with Gasteiger partial charge in [-0.1, -0.05) is 6.07 Å². The van der Waals surface area contributed by atoms with Crippen LogP contribution in [0.2, 0.25) is 0 Å². The van der Waals surface area contributed by atoms with Gasteiger partial charge < -0.3 is 0 Å². The van der Waals surface area contributed by atoms with E-state index in [2.05, 4.69) is 10.2 Å². The highest BCUT2D eigenvalue weighted by Gasteiger charge is 2.09. The Hall–Kier alpha value is -1.84. The molecule has 0 bridgehead atoms. The van der Waals surface area contributed by atoms with Crippen molar-refractivity contribution in [3.05, 3.63) is 47.1 Å². The lowest BCUT2D eigenvalue weighted by Gasteiger charge is -1.85. The first-order chi connectivity index (χ1) is 5.88. The number of nitrogens with zero attached hydrogens (tertiary/aromatic N) is 1. The minimum Gasteiger partial charge on any atom is -0.299 e. The first-order valence-electron chi connectivity index (χ1n) is 3.60. The number of rotatable bonds is 1. The van der Waals surface area contributed by atoms with E-state index in [0.717, 1.165) is 0 Å². The lowest BCUT2D eigenvalue weighted by Crippen LogP contribution is -2.34. The van der Waals surface area contributed by atoms with Crippen molar-refractivity contribution in [2.24, 2.45) is 0 Å². The summed E-state index contributed by atoms with van der Waals surface area (Å²) in [6.45, 7) is 0. The molecule has 2 N–H and O–H groups in total. The average molecular weight is 162 g/mol. The Morgan fingerprint density at radius 2 is 1.92 bits per heavy atom. The number of H-pyrrole nitrogens is 2. The fraction of sp³-hybridized carbons (Fsp3) is 0. The van der Waals surface area contributed by atoms with Crippen LogP contribution in [0, 0.1) is 0 Å². The summed E-state index contributed by atoms with van der Waals surface area (Å²) in [5.74, 6) is 0. The summed E-state index contributed by atoms with van der Waals surface area (Å²) in [5, 5.41) is 5.10. The molecule has 2 aromatic rings. The van der Waals surface area contributed by atoms with Crippen LogP contribution in [0.25, 0.3) is 5.69 Å². The van der Waals surface area contributed by atoms with Crippen molar-refractivity contribution in [1.29, 1.82) is 0 Å². The summed E-state index contributed by atoms with van der Waals surface area (Å²) in [7, 11) is 0. The van der Waals surface area contributed by atoms with E-state index in [-0.39, 0.29) is 5.56 Å². The summed E-state index contributed by atoms with van der Waals surface area (Å²) in [6.07, 6.45) is 5.26. The van der Waals surface area contributed by atoms with Gasteiger partial charge in [-0.25, -0.2) is 0 Å². The Kier molecular flexibility index (Phi) is 1.51. The van der Waals surface area contributed by atoms with Crippen LogP contribution in [-0.2, 0) is 0 Å². The second kappa shape index (κ2) is 2.65. The van der Waals surface area contributed by atoms with Crippen molar-refractivity contribution in [3.63, 3.8) is 0 Å². The smallest absolute Gasteiger partial charge is 0.299 e. The van der Waals surface area contributed by atoms with Gasteiger partial charge in [0.15, 0.2) is 12.4 Å². The van der Waals surface area contributed by atoms with Crippen LogP contribution < -0.4 is 10.1 Å². The summed E-state index contributed by atoms with van der Waals surface area (Å²) >= 11 is 0. The predicted octanol–water partition coefficient (Wildman–Crippen LogP) is -0.0203. The minimum atomic E-state index is -0.119. The van der Waals surface area contributed by atoms with Crippen LogP contribution in [0.3, 0.4) is 0 Å². The molecule has 4 nitrogen and oxygen atoms in total. The minimum absolute atomic E-state index is 0.119. The molecule has 2 aromatic heterocycles. The van der Waals surface area contributed by atoms with E-state index in [1.165, 1.54) is 0 Å². The summed E-state index contributed by atoms with van der Waals surface area (Å²) in [6, 6.07) is 5.64. The standard InChI is InChI=1S/C8H7N3O/c12-8-7(6-9-10-8)11-4-2-1-3-5-11/h1-6H,(H-,9,10,12)/p+1. The van der Waals surface area contributed by atoms with E-state index in [1.807, 2.05) is 30.6 Å². The maximum absolute atomic E-state index is 11.1. The maximum Gasteiger partial charge on any atom is 0.336 e. The first kappa shape index (κ1) is 6.84. The van der Waals surface area contributed by atoms with Crippen LogP contribution in [0.1, 0.15) is 0 Å². The topological polar surface area (TPSA) is 52.5 Å². The Balaban J connectivity index is 2.59. The van der Waals surface area contributed by atoms with Crippen molar-refractivity contribution in [1.82, 2.24) is 10.2 Å². The number of hydrogen-bond acceptors (Lipinski definition) is 1. The van der Waals surface area contributed by atoms with Gasteiger partial charge in [0.05, 0.1) is 6.20 Å². The van der Waals surface area contributed by atoms with Gasteiger partial charge in [-0.15, -0.1) is 0 Å². The SMILES string of the molecule is O=c1[nH][nH]cc1-[n+]1ccccc1. The van der Waals surface area contributed by atoms with E-state index in [0.29, 0.717) is 5.69 Å². The van der Waals surface area contributed by atoms with Gasteiger partial charge >= 0.3 is 5.56 Å². The van der Waals surface area contributed by atoms with E-state index in [4.69, 9.17) is 0 Å². The number of aromatic amines is 2. The number of nitrogens with one attached hydrogen (secondary N) is 2. The molecule has 0 aliphatic carbocycles. The van der Waals surface area contributed by atoms with E-state index < -0.39 is 0 Å². The molecule has 4 heteroatoms. The molecule has 0 saturated heterocycles. The zero-order valence-corrected chi connectivity index (χ0v) is 6.32. The van der Waals surface area contributed by atoms with Gasteiger partial charge in [0.25, 0.3) is 5.69 Å². The van der Waals surface area contributed by atoms with Crippen LogP contribution >= 0.6 is 0 Å².